The van der Waals surface area contributed by atoms with Crippen LogP contribution in [0.2, 0.25) is 0 Å². The Morgan fingerprint density at radius 2 is 1.70 bits per heavy atom. The number of carbonyl (C=O) groups excluding carboxylic acids is 5. The van der Waals surface area contributed by atoms with Crippen molar-refractivity contribution >= 4 is 41.6 Å². The topological polar surface area (TPSA) is 191 Å². The predicted molar refractivity (Wildman–Crippen MR) is 209 cm³/mol. The molecule has 13 nitrogen and oxygen atoms in total. The fourth-order valence-corrected chi connectivity index (χ4v) is 5.75. The monoisotopic (exact) mass is 769 g/mol. The van der Waals surface area contributed by atoms with Crippen molar-refractivity contribution in [2.24, 2.45) is 5.92 Å². The first-order valence-electron chi connectivity index (χ1n) is 19.0. The van der Waals surface area contributed by atoms with Crippen molar-refractivity contribution in [1.82, 2.24) is 10.3 Å². The summed E-state index contributed by atoms with van der Waals surface area (Å²) in [6.07, 6.45) is 4.22. The average Bonchev–Trinajstić information content (AvgIpc) is 4.00. The molecule has 1 aromatic heterocycles. The molecule has 298 valence electrons. The fourth-order valence-electron chi connectivity index (χ4n) is 5.75. The molecule has 1 atom stereocenters. The van der Waals surface area contributed by atoms with E-state index in [0.29, 0.717) is 41.3 Å². The number of ketones is 1. The van der Waals surface area contributed by atoms with Crippen LogP contribution in [0.25, 0.3) is 17.2 Å². The number of aromatic nitrogens is 1. The summed E-state index contributed by atoms with van der Waals surface area (Å²) in [5.74, 6) is -2.00. The largest absolute Gasteiger partial charge is 0.511 e. The van der Waals surface area contributed by atoms with E-state index in [0.717, 1.165) is 38.5 Å². The lowest BCUT2D eigenvalue weighted by atomic mass is 9.89. The van der Waals surface area contributed by atoms with Gasteiger partial charge in [-0.1, -0.05) is 63.1 Å². The highest BCUT2D eigenvalue weighted by Crippen LogP contribution is 2.33. The quantitative estimate of drug-likeness (QED) is 0.0244. The van der Waals surface area contributed by atoms with Gasteiger partial charge < -0.3 is 34.8 Å². The third-order valence-electron chi connectivity index (χ3n) is 8.95. The summed E-state index contributed by atoms with van der Waals surface area (Å²) in [5, 5.41) is 21.5. The minimum atomic E-state index is -1.40. The second-order valence-corrected chi connectivity index (χ2v) is 13.9. The number of aliphatic hydroxyl groups excluding tert-OH is 1. The van der Waals surface area contributed by atoms with Gasteiger partial charge >= 0.3 is 18.1 Å². The van der Waals surface area contributed by atoms with Crippen molar-refractivity contribution in [2.45, 2.75) is 98.1 Å². The molecule has 1 saturated carbocycles. The minimum Gasteiger partial charge on any atom is -0.465 e. The second kappa shape index (κ2) is 20.8. The van der Waals surface area contributed by atoms with Gasteiger partial charge in [0.25, 0.3) is 5.91 Å². The molecule has 56 heavy (non-hydrogen) atoms. The molecule has 3 N–H and O–H groups in total. The Kier molecular flexibility index (Phi) is 16.0. The molecule has 1 aliphatic rings. The van der Waals surface area contributed by atoms with E-state index in [2.05, 4.69) is 23.8 Å². The molecular formula is C43H51N3O10. The summed E-state index contributed by atoms with van der Waals surface area (Å²) in [4.78, 5) is 69.7. The Hall–Kier alpha value is -5.69. The number of hydrogen-bond acceptors (Lipinski definition) is 12. The first kappa shape index (κ1) is 43.0. The van der Waals surface area contributed by atoms with Gasteiger partial charge in [0.05, 0.1) is 25.7 Å². The Morgan fingerprint density at radius 3 is 2.34 bits per heavy atom. The number of hydrogen-bond donors (Lipinski definition) is 3. The summed E-state index contributed by atoms with van der Waals surface area (Å²) in [7, 11) is 0. The van der Waals surface area contributed by atoms with E-state index in [1.807, 2.05) is 0 Å². The van der Waals surface area contributed by atoms with Gasteiger partial charge in [-0.15, -0.1) is 0 Å². The number of nitrogens with zero attached hydrogens (tertiary/aromatic N) is 1. The smallest absolute Gasteiger partial charge is 0.465 e. The van der Waals surface area contributed by atoms with Crippen LogP contribution in [0.1, 0.15) is 126 Å². The van der Waals surface area contributed by atoms with Gasteiger partial charge in [0.15, 0.2) is 11.5 Å². The molecule has 3 aromatic rings. The molecule has 1 amide bonds. The number of carbonyl (C=O) groups is 5. The van der Waals surface area contributed by atoms with E-state index >= 15 is 0 Å². The number of benzene rings is 2. The van der Waals surface area contributed by atoms with Crippen LogP contribution in [0, 0.1) is 11.3 Å². The number of pyridine rings is 1. The lowest BCUT2D eigenvalue weighted by molar-refractivity contribution is -0.142. The number of ether oxygens (including phenoxy) is 4. The molecule has 1 aliphatic carbocycles. The third-order valence-corrected chi connectivity index (χ3v) is 8.95. The summed E-state index contributed by atoms with van der Waals surface area (Å²) >= 11 is 0. The summed E-state index contributed by atoms with van der Waals surface area (Å²) in [6, 6.07) is 12.7. The number of nitrogens with one attached hydrogen (secondary N) is 2. The van der Waals surface area contributed by atoms with E-state index < -0.39 is 43.0 Å². The molecule has 0 saturated heterocycles. The van der Waals surface area contributed by atoms with Crippen molar-refractivity contribution < 1.29 is 48.0 Å². The molecule has 1 heterocycles. The fraction of sp³-hybridized carbons (Fsp3) is 0.419. The van der Waals surface area contributed by atoms with Gasteiger partial charge in [-0.05, 0) is 91.1 Å². The summed E-state index contributed by atoms with van der Waals surface area (Å²) in [6.45, 7) is 10.9. The lowest BCUT2D eigenvalue weighted by Gasteiger charge is -2.18. The van der Waals surface area contributed by atoms with Gasteiger partial charge in [-0.2, -0.15) is 0 Å². The van der Waals surface area contributed by atoms with Crippen molar-refractivity contribution in [3.8, 4) is 11.1 Å². The molecule has 13 heteroatoms. The van der Waals surface area contributed by atoms with Crippen LogP contribution in [0.4, 0.5) is 4.79 Å². The van der Waals surface area contributed by atoms with Crippen molar-refractivity contribution in [2.75, 3.05) is 13.2 Å². The number of Topliss-reactive ketones (excluding diaryl/α,β-unsaturated/α-hetero) is 1. The number of rotatable bonds is 21. The average molecular weight is 770 g/mol. The molecular weight excluding hydrogens is 718 g/mol. The molecule has 0 bridgehead atoms. The van der Waals surface area contributed by atoms with Gasteiger partial charge in [0.2, 0.25) is 6.29 Å². The highest BCUT2D eigenvalue weighted by atomic mass is 16.8. The van der Waals surface area contributed by atoms with E-state index in [1.54, 1.807) is 50.2 Å². The van der Waals surface area contributed by atoms with Crippen molar-refractivity contribution in [3.63, 3.8) is 0 Å². The molecule has 1 unspecified atom stereocenters. The van der Waals surface area contributed by atoms with Gasteiger partial charge in [0.1, 0.15) is 5.69 Å². The van der Waals surface area contributed by atoms with Gasteiger partial charge in [-0.25, -0.2) is 14.6 Å². The van der Waals surface area contributed by atoms with E-state index in [-0.39, 0.29) is 52.4 Å². The summed E-state index contributed by atoms with van der Waals surface area (Å²) < 4.78 is 20.7. The molecule has 0 aliphatic heterocycles. The molecule has 2 aromatic carbocycles. The second-order valence-electron chi connectivity index (χ2n) is 13.9. The number of esters is 2. The van der Waals surface area contributed by atoms with Crippen LogP contribution < -0.4 is 5.32 Å². The van der Waals surface area contributed by atoms with Crippen molar-refractivity contribution in [3.05, 3.63) is 94.3 Å². The normalized spacial score (nSPS) is 12.7. The van der Waals surface area contributed by atoms with Crippen LogP contribution in [0.3, 0.4) is 0 Å². The highest BCUT2D eigenvalue weighted by Gasteiger charge is 2.28. The maximum atomic E-state index is 14.1. The lowest BCUT2D eigenvalue weighted by Crippen LogP contribution is -2.28. The number of aliphatic hydroxyl groups is 1. The number of amides is 1. The van der Waals surface area contributed by atoms with Crippen LogP contribution in [0.5, 0.6) is 0 Å². The van der Waals surface area contributed by atoms with Crippen LogP contribution in [-0.2, 0) is 36.8 Å². The van der Waals surface area contributed by atoms with Crippen LogP contribution in [-0.4, -0.2) is 71.1 Å². The Labute approximate surface area is 327 Å². The first-order valence-corrected chi connectivity index (χ1v) is 19.0. The van der Waals surface area contributed by atoms with E-state index in [1.165, 1.54) is 25.1 Å². The van der Waals surface area contributed by atoms with E-state index in [4.69, 9.17) is 24.4 Å². The minimum absolute atomic E-state index is 0.0713. The van der Waals surface area contributed by atoms with E-state index in [9.17, 15) is 29.1 Å². The van der Waals surface area contributed by atoms with Gasteiger partial charge in [0, 0.05) is 36.7 Å². The van der Waals surface area contributed by atoms with Crippen molar-refractivity contribution in [1.29, 1.82) is 5.41 Å². The number of unbranched alkanes of at least 4 members (excludes halogenated alkanes) is 3. The third kappa shape index (κ3) is 12.7. The maximum Gasteiger partial charge on any atom is 0.511 e. The maximum absolute atomic E-state index is 14.1. The zero-order valence-corrected chi connectivity index (χ0v) is 32.5. The first-order chi connectivity index (χ1) is 26.8. The summed E-state index contributed by atoms with van der Waals surface area (Å²) in [5.41, 5.74) is 2.23. The highest BCUT2D eigenvalue weighted by molar-refractivity contribution is 6.09. The Morgan fingerprint density at radius 1 is 0.964 bits per heavy atom. The molecule has 0 spiro atoms. The molecule has 4 rings (SSSR count). The zero-order valence-electron chi connectivity index (χ0n) is 32.5. The Bertz CT molecular complexity index is 1920. The van der Waals surface area contributed by atoms with Crippen LogP contribution >= 0.6 is 0 Å². The molecule has 1 fully saturated rings. The predicted octanol–water partition coefficient (Wildman–Crippen LogP) is 7.39. The van der Waals surface area contributed by atoms with Gasteiger partial charge in [-0.3, -0.25) is 14.4 Å². The van der Waals surface area contributed by atoms with Crippen LogP contribution in [0.15, 0.2) is 55.1 Å². The zero-order chi connectivity index (χ0) is 40.8. The SMILES string of the molecule is C=Cc1cc(C(=O)Cc2ccc(C(=N)CC(=O)OCCCCCC)cc2)c(-c2ccc(C(=O)NCC3CC3)nc2C(=O)OC(C)OC(=O)OC(C)C)cc1CO. The Balaban J connectivity index is 1.63. The standard InChI is InChI=1S/C43H51N3O10/c1-6-8-9-10-19-53-39(49)23-36(44)31-15-13-28(14-16-31)20-38(48)35-21-30(7-2)32(25-47)22-34(35)33-17-18-37(41(50)45-24-29-11-12-29)46-40(33)42(51)55-27(5)56-43(52)54-26(3)4/h7,13-18,21-22,26-27,29,44,47H,2,6,8-12,19-20,23-25H2,1,3-5H3,(H,45,50). The molecule has 0 radical (unpaired) electrons.